The fourth-order valence-electron chi connectivity index (χ4n) is 1.13. The summed E-state index contributed by atoms with van der Waals surface area (Å²) in [5, 5.41) is 15.4. The van der Waals surface area contributed by atoms with Crippen LogP contribution < -0.4 is 0 Å². The van der Waals surface area contributed by atoms with Crippen molar-refractivity contribution >= 4 is 11.4 Å². The standard InChI is InChI=1S/C11H9N3O/c15-14(11-6-8-12-9-7-11)13-10-4-2-1-3-5-10/h1-9H. The number of hydrogen-bond acceptors (Lipinski definition) is 3. The molecule has 0 fully saturated rings. The quantitative estimate of drug-likeness (QED) is 0.424. The van der Waals surface area contributed by atoms with Crippen molar-refractivity contribution in [3.8, 4) is 0 Å². The average Bonchev–Trinajstić information content (AvgIpc) is 2.31. The van der Waals surface area contributed by atoms with Crippen molar-refractivity contribution < 1.29 is 4.86 Å². The number of nitrogens with zero attached hydrogens (tertiary/aromatic N) is 3. The van der Waals surface area contributed by atoms with Crippen LogP contribution in [-0.4, -0.2) is 9.84 Å². The van der Waals surface area contributed by atoms with Crippen LogP contribution in [0.4, 0.5) is 11.4 Å². The molecule has 0 N–H and O–H groups in total. The van der Waals surface area contributed by atoms with Crippen molar-refractivity contribution in [2.45, 2.75) is 0 Å². The zero-order valence-corrected chi connectivity index (χ0v) is 7.95. The number of hydrogen-bond donors (Lipinski definition) is 0. The van der Waals surface area contributed by atoms with Gasteiger partial charge in [0, 0.05) is 29.6 Å². The van der Waals surface area contributed by atoms with E-state index in [1.54, 1.807) is 36.7 Å². The zero-order valence-electron chi connectivity index (χ0n) is 7.95. The molecule has 4 nitrogen and oxygen atoms in total. The molecule has 0 aliphatic heterocycles. The molecule has 0 unspecified atom stereocenters. The molecule has 2 rings (SSSR count). The molecular formula is C11H9N3O. The first-order chi connectivity index (χ1) is 7.36. The highest BCUT2D eigenvalue weighted by Crippen LogP contribution is 2.15. The van der Waals surface area contributed by atoms with Crippen LogP contribution in [0.15, 0.2) is 60.0 Å². The summed E-state index contributed by atoms with van der Waals surface area (Å²) >= 11 is 0. The topological polar surface area (TPSA) is 51.3 Å². The molecule has 0 saturated heterocycles. The van der Waals surface area contributed by atoms with Gasteiger partial charge in [-0.1, -0.05) is 23.1 Å². The molecule has 0 bridgehead atoms. The summed E-state index contributed by atoms with van der Waals surface area (Å²) in [4.78, 5) is 4.41. The van der Waals surface area contributed by atoms with Crippen molar-refractivity contribution in [1.29, 1.82) is 0 Å². The Kier molecular flexibility index (Phi) is 2.69. The van der Waals surface area contributed by atoms with Gasteiger partial charge in [-0.2, -0.15) is 0 Å². The molecule has 1 aromatic carbocycles. The molecule has 1 heterocycles. The van der Waals surface area contributed by atoms with Gasteiger partial charge < -0.3 is 5.21 Å². The van der Waals surface area contributed by atoms with Crippen LogP contribution in [0.25, 0.3) is 0 Å². The van der Waals surface area contributed by atoms with E-state index in [0.29, 0.717) is 16.2 Å². The zero-order chi connectivity index (χ0) is 10.5. The highest BCUT2D eigenvalue weighted by molar-refractivity contribution is 5.34. The third-order valence-corrected chi connectivity index (χ3v) is 1.85. The maximum Gasteiger partial charge on any atom is 0.247 e. The fraction of sp³-hybridized carbons (Fsp3) is 0. The molecule has 0 saturated carbocycles. The van der Waals surface area contributed by atoms with Crippen molar-refractivity contribution in [2.24, 2.45) is 5.11 Å². The van der Waals surface area contributed by atoms with E-state index in [0.717, 1.165) is 0 Å². The Labute approximate surface area is 87.1 Å². The molecule has 0 spiro atoms. The second-order valence-electron chi connectivity index (χ2n) is 2.91. The van der Waals surface area contributed by atoms with Crippen LogP contribution >= 0.6 is 0 Å². The smallest absolute Gasteiger partial charge is 0.247 e. The van der Waals surface area contributed by atoms with Gasteiger partial charge in [0.1, 0.15) is 5.69 Å². The molecule has 0 radical (unpaired) electrons. The van der Waals surface area contributed by atoms with Gasteiger partial charge in [0.25, 0.3) is 0 Å². The first-order valence-electron chi connectivity index (χ1n) is 4.50. The van der Waals surface area contributed by atoms with Crippen LogP contribution in [0.1, 0.15) is 0 Å². The molecule has 4 heteroatoms. The minimum atomic E-state index is 0.467. The lowest BCUT2D eigenvalue weighted by molar-refractivity contribution is -0.435. The Hall–Kier alpha value is -2.23. The SMILES string of the molecule is [O-][N+](=Nc1ccccc1)c1ccncc1. The van der Waals surface area contributed by atoms with Crippen molar-refractivity contribution in [1.82, 2.24) is 4.98 Å². The van der Waals surface area contributed by atoms with E-state index in [-0.39, 0.29) is 0 Å². The van der Waals surface area contributed by atoms with Crippen molar-refractivity contribution in [2.75, 3.05) is 0 Å². The normalized spacial score (nSPS) is 11.3. The van der Waals surface area contributed by atoms with Crippen LogP contribution in [0.2, 0.25) is 0 Å². The van der Waals surface area contributed by atoms with E-state index in [1.165, 1.54) is 0 Å². The second kappa shape index (κ2) is 4.32. The lowest BCUT2D eigenvalue weighted by atomic mass is 10.3. The summed E-state index contributed by atoms with van der Waals surface area (Å²) < 4.78 is 0. The first kappa shape index (κ1) is 9.33. The van der Waals surface area contributed by atoms with Gasteiger partial charge in [-0.15, -0.1) is 0 Å². The monoisotopic (exact) mass is 199 g/mol. The lowest BCUT2D eigenvalue weighted by Gasteiger charge is -1.98. The third-order valence-electron chi connectivity index (χ3n) is 1.85. The van der Waals surface area contributed by atoms with Gasteiger partial charge in [-0.25, -0.2) is 0 Å². The summed E-state index contributed by atoms with van der Waals surface area (Å²) in [5.41, 5.74) is 1.10. The van der Waals surface area contributed by atoms with Gasteiger partial charge in [-0.05, 0) is 12.1 Å². The van der Waals surface area contributed by atoms with E-state index in [4.69, 9.17) is 0 Å². The van der Waals surface area contributed by atoms with E-state index in [2.05, 4.69) is 10.1 Å². The highest BCUT2D eigenvalue weighted by Gasteiger charge is 2.01. The summed E-state index contributed by atoms with van der Waals surface area (Å²) in [6.07, 6.45) is 3.11. The lowest BCUT2D eigenvalue weighted by Crippen LogP contribution is -1.89. The Morgan fingerprint density at radius 3 is 2.33 bits per heavy atom. The maximum absolute atomic E-state index is 11.5. The molecule has 2 aromatic rings. The minimum Gasteiger partial charge on any atom is -0.594 e. The van der Waals surface area contributed by atoms with E-state index in [9.17, 15) is 5.21 Å². The largest absolute Gasteiger partial charge is 0.594 e. The van der Waals surface area contributed by atoms with Crippen LogP contribution in [0, 0.1) is 5.21 Å². The Bertz CT molecular complexity index is 454. The molecule has 0 aliphatic carbocycles. The molecule has 0 aliphatic rings. The molecule has 0 atom stereocenters. The van der Waals surface area contributed by atoms with E-state index < -0.39 is 0 Å². The fourth-order valence-corrected chi connectivity index (χ4v) is 1.13. The van der Waals surface area contributed by atoms with E-state index in [1.807, 2.05) is 18.2 Å². The molecule has 15 heavy (non-hydrogen) atoms. The first-order valence-corrected chi connectivity index (χ1v) is 4.50. The predicted octanol–water partition coefficient (Wildman–Crippen LogP) is 3.01. The van der Waals surface area contributed by atoms with Crippen molar-refractivity contribution in [3.63, 3.8) is 0 Å². The molecule has 1 aromatic heterocycles. The molecule has 0 amide bonds. The van der Waals surface area contributed by atoms with Crippen LogP contribution in [0.3, 0.4) is 0 Å². The van der Waals surface area contributed by atoms with Gasteiger partial charge in [0.05, 0.1) is 0 Å². The highest BCUT2D eigenvalue weighted by atomic mass is 16.5. The Morgan fingerprint density at radius 2 is 1.67 bits per heavy atom. The van der Waals surface area contributed by atoms with Crippen molar-refractivity contribution in [3.05, 3.63) is 60.1 Å². The molecule has 74 valence electrons. The number of rotatable bonds is 2. The summed E-state index contributed by atoms with van der Waals surface area (Å²) in [7, 11) is 0. The van der Waals surface area contributed by atoms with E-state index >= 15 is 0 Å². The number of pyridine rings is 1. The van der Waals surface area contributed by atoms with Gasteiger partial charge in [0.15, 0.2) is 0 Å². The van der Waals surface area contributed by atoms with Crippen LogP contribution in [0.5, 0.6) is 0 Å². The Morgan fingerprint density at radius 1 is 1.00 bits per heavy atom. The summed E-state index contributed by atoms with van der Waals surface area (Å²) in [5.74, 6) is 0. The third kappa shape index (κ3) is 2.37. The average molecular weight is 199 g/mol. The van der Waals surface area contributed by atoms with Crippen LogP contribution in [-0.2, 0) is 0 Å². The Balaban J connectivity index is 2.29. The van der Waals surface area contributed by atoms with Gasteiger partial charge in [-0.3, -0.25) is 4.98 Å². The summed E-state index contributed by atoms with van der Waals surface area (Å²) in [6.45, 7) is 0. The number of benzene rings is 1. The number of aromatic nitrogens is 1. The summed E-state index contributed by atoms with van der Waals surface area (Å²) in [6, 6.07) is 12.3. The molecular weight excluding hydrogens is 190 g/mol. The number of azo groups is 1. The predicted molar refractivity (Wildman–Crippen MR) is 56.1 cm³/mol. The maximum atomic E-state index is 11.5. The second-order valence-corrected chi connectivity index (χ2v) is 2.91. The van der Waals surface area contributed by atoms with Gasteiger partial charge >= 0.3 is 0 Å². The minimum absolute atomic E-state index is 0.467. The van der Waals surface area contributed by atoms with Gasteiger partial charge in [0.2, 0.25) is 5.69 Å².